The fourth-order valence-electron chi connectivity index (χ4n) is 2.77. The van der Waals surface area contributed by atoms with Crippen molar-refractivity contribution in [1.82, 2.24) is 9.97 Å². The minimum absolute atomic E-state index is 0.0626. The maximum Gasteiger partial charge on any atom is 0.417 e. The Labute approximate surface area is 169 Å². The molecular weight excluding hydrogens is 436 g/mol. The molecule has 3 N–H and O–H groups in total. The topological polar surface area (TPSA) is 85.9 Å². The lowest BCUT2D eigenvalue weighted by Crippen LogP contribution is -2.23. The smallest absolute Gasteiger partial charge is 0.396 e. The fraction of sp³-hybridized carbons (Fsp3) is 0.222. The molecule has 29 heavy (non-hydrogen) atoms. The van der Waals surface area contributed by atoms with Crippen LogP contribution >= 0.6 is 23.4 Å². The first kappa shape index (κ1) is 21.4. The normalized spacial score (nSPS) is 13.0. The molecule has 3 aromatic rings. The second-order valence-electron chi connectivity index (χ2n) is 6.14. The molecule has 2 aromatic carbocycles. The van der Waals surface area contributed by atoms with E-state index in [9.17, 15) is 32.3 Å². The van der Waals surface area contributed by atoms with E-state index in [0.717, 1.165) is 11.8 Å². The zero-order chi connectivity index (χ0) is 21.3. The van der Waals surface area contributed by atoms with Gasteiger partial charge in [-0.1, -0.05) is 23.7 Å². The number of aromatic amines is 2. The second kappa shape index (κ2) is 8.21. The number of rotatable bonds is 5. The number of aromatic nitrogens is 2. The number of benzene rings is 2. The molecule has 5 nitrogen and oxygen atoms in total. The van der Waals surface area contributed by atoms with E-state index in [2.05, 4.69) is 4.98 Å². The molecule has 0 radical (unpaired) electrons. The van der Waals surface area contributed by atoms with Crippen molar-refractivity contribution in [2.45, 2.75) is 17.0 Å². The highest BCUT2D eigenvalue weighted by atomic mass is 35.5. The first-order valence-electron chi connectivity index (χ1n) is 8.17. The summed E-state index contributed by atoms with van der Waals surface area (Å²) in [5.41, 5.74) is -2.64. The lowest BCUT2D eigenvalue weighted by molar-refractivity contribution is -0.137. The van der Waals surface area contributed by atoms with Crippen molar-refractivity contribution in [3.8, 4) is 0 Å². The van der Waals surface area contributed by atoms with E-state index in [0.29, 0.717) is 11.6 Å². The van der Waals surface area contributed by atoms with Crippen LogP contribution in [0.1, 0.15) is 17.0 Å². The van der Waals surface area contributed by atoms with Gasteiger partial charge in [-0.25, -0.2) is 9.18 Å². The molecule has 3 rings (SSSR count). The van der Waals surface area contributed by atoms with Crippen molar-refractivity contribution >= 4 is 34.3 Å². The van der Waals surface area contributed by atoms with Crippen molar-refractivity contribution in [3.05, 3.63) is 73.1 Å². The van der Waals surface area contributed by atoms with E-state index >= 15 is 0 Å². The monoisotopic (exact) mass is 448 g/mol. The molecule has 0 bridgehead atoms. The maximum atomic E-state index is 13.4. The number of halogens is 5. The molecule has 1 heterocycles. The SMILES string of the molecule is O=c1[nH]c(=O)c2cc(C(F)(F)F)c(Cl)c(SCC(CO)c3ccc(F)cc3)c2[nH]1. The first-order chi connectivity index (χ1) is 13.6. The third-order valence-electron chi connectivity index (χ3n) is 4.23. The van der Waals surface area contributed by atoms with Gasteiger partial charge in [-0.05, 0) is 23.8 Å². The maximum absolute atomic E-state index is 13.4. The van der Waals surface area contributed by atoms with Crippen LogP contribution in [0.15, 0.2) is 44.8 Å². The Morgan fingerprint density at radius 3 is 2.38 bits per heavy atom. The van der Waals surface area contributed by atoms with Crippen LogP contribution < -0.4 is 11.2 Å². The number of nitrogens with one attached hydrogen (secondary N) is 2. The average molecular weight is 449 g/mol. The van der Waals surface area contributed by atoms with E-state index in [-0.39, 0.29) is 28.2 Å². The van der Waals surface area contributed by atoms with Gasteiger partial charge in [0.05, 0.1) is 33.0 Å². The summed E-state index contributed by atoms with van der Waals surface area (Å²) in [6, 6.07) is 5.89. The van der Waals surface area contributed by atoms with Crippen LogP contribution in [0.4, 0.5) is 17.6 Å². The Morgan fingerprint density at radius 1 is 1.14 bits per heavy atom. The third kappa shape index (κ3) is 4.49. The number of hydrogen-bond acceptors (Lipinski definition) is 4. The van der Waals surface area contributed by atoms with E-state index < -0.39 is 39.7 Å². The molecule has 1 aromatic heterocycles. The lowest BCUT2D eigenvalue weighted by atomic mass is 10.0. The van der Waals surface area contributed by atoms with Crippen LogP contribution in [0.3, 0.4) is 0 Å². The summed E-state index contributed by atoms with van der Waals surface area (Å²) in [7, 11) is 0. The molecule has 0 spiro atoms. The molecule has 0 aliphatic rings. The molecule has 154 valence electrons. The summed E-state index contributed by atoms with van der Waals surface area (Å²) in [4.78, 5) is 27.7. The second-order valence-corrected chi connectivity index (χ2v) is 7.55. The Bertz CT molecular complexity index is 1160. The van der Waals surface area contributed by atoms with Crippen LogP contribution in [0.25, 0.3) is 10.9 Å². The van der Waals surface area contributed by atoms with E-state index in [1.54, 1.807) is 0 Å². The number of alkyl halides is 3. The number of aliphatic hydroxyl groups is 1. The first-order valence-corrected chi connectivity index (χ1v) is 9.53. The largest absolute Gasteiger partial charge is 0.417 e. The molecule has 1 unspecified atom stereocenters. The number of aliphatic hydroxyl groups excluding tert-OH is 1. The number of hydrogen-bond donors (Lipinski definition) is 3. The van der Waals surface area contributed by atoms with Crippen molar-refractivity contribution in [2.75, 3.05) is 12.4 Å². The Hall–Kier alpha value is -2.30. The van der Waals surface area contributed by atoms with Gasteiger partial charge < -0.3 is 10.1 Å². The van der Waals surface area contributed by atoms with Crippen molar-refractivity contribution in [3.63, 3.8) is 0 Å². The Kier molecular flexibility index (Phi) is 6.06. The van der Waals surface area contributed by atoms with Gasteiger partial charge in [0.2, 0.25) is 0 Å². The molecule has 11 heteroatoms. The van der Waals surface area contributed by atoms with E-state index in [1.807, 2.05) is 4.98 Å². The van der Waals surface area contributed by atoms with E-state index in [4.69, 9.17) is 11.6 Å². The summed E-state index contributed by atoms with van der Waals surface area (Å²) < 4.78 is 53.3. The quantitative estimate of drug-likeness (QED) is 0.408. The highest BCUT2D eigenvalue weighted by Gasteiger charge is 2.35. The van der Waals surface area contributed by atoms with Crippen molar-refractivity contribution in [2.24, 2.45) is 0 Å². The minimum Gasteiger partial charge on any atom is -0.396 e. The third-order valence-corrected chi connectivity index (χ3v) is 6.00. The fourth-order valence-corrected chi connectivity index (χ4v) is 4.40. The standard InChI is InChI=1S/C18H13ClF4N2O3S/c19-13-12(18(21,22)23)5-11-14(24-17(28)25-16(11)27)15(13)29-7-9(6-26)8-1-3-10(20)4-2-8/h1-5,9,26H,6-7H2,(H2,24,25,27,28). The van der Waals surface area contributed by atoms with Gasteiger partial charge in [-0.2, -0.15) is 13.2 Å². The summed E-state index contributed by atoms with van der Waals surface area (Å²) in [6.07, 6.45) is -4.82. The van der Waals surface area contributed by atoms with Gasteiger partial charge in [-0.15, -0.1) is 11.8 Å². The summed E-state index contributed by atoms with van der Waals surface area (Å²) in [6.45, 7) is -0.357. The average Bonchev–Trinajstić information content (AvgIpc) is 2.63. The van der Waals surface area contributed by atoms with Crippen LogP contribution in [-0.4, -0.2) is 27.4 Å². The van der Waals surface area contributed by atoms with Gasteiger partial charge in [0.15, 0.2) is 0 Å². The van der Waals surface area contributed by atoms with Crippen LogP contribution in [-0.2, 0) is 6.18 Å². The molecule has 1 atom stereocenters. The van der Waals surface area contributed by atoms with E-state index in [1.165, 1.54) is 24.3 Å². The molecule has 0 saturated heterocycles. The zero-order valence-electron chi connectivity index (χ0n) is 14.4. The van der Waals surface area contributed by atoms with Gasteiger partial charge in [0, 0.05) is 11.7 Å². The Morgan fingerprint density at radius 2 is 1.79 bits per heavy atom. The van der Waals surface area contributed by atoms with Crippen molar-refractivity contribution < 1.29 is 22.7 Å². The Balaban J connectivity index is 2.09. The van der Waals surface area contributed by atoms with Gasteiger partial charge in [-0.3, -0.25) is 9.78 Å². The van der Waals surface area contributed by atoms with Crippen LogP contribution in [0.2, 0.25) is 5.02 Å². The molecule has 0 aliphatic carbocycles. The predicted molar refractivity (Wildman–Crippen MR) is 102 cm³/mol. The molecular formula is C18H13ClF4N2O3S. The molecule has 0 aliphatic heterocycles. The molecule has 0 amide bonds. The molecule has 0 saturated carbocycles. The highest BCUT2D eigenvalue weighted by molar-refractivity contribution is 7.99. The highest BCUT2D eigenvalue weighted by Crippen LogP contribution is 2.43. The number of H-pyrrole nitrogens is 2. The number of fused-ring (bicyclic) bond motifs is 1. The minimum atomic E-state index is -4.82. The summed E-state index contributed by atoms with van der Waals surface area (Å²) in [5, 5.41) is 8.62. The number of thioether (sulfide) groups is 1. The van der Waals surface area contributed by atoms with Gasteiger partial charge in [0.1, 0.15) is 5.82 Å². The van der Waals surface area contributed by atoms with Gasteiger partial charge in [0.25, 0.3) is 5.56 Å². The van der Waals surface area contributed by atoms with Crippen LogP contribution in [0, 0.1) is 5.82 Å². The summed E-state index contributed by atoms with van der Waals surface area (Å²) >= 11 is 6.83. The van der Waals surface area contributed by atoms with Gasteiger partial charge >= 0.3 is 11.9 Å². The lowest BCUT2D eigenvalue weighted by Gasteiger charge is -2.18. The molecule has 0 fully saturated rings. The zero-order valence-corrected chi connectivity index (χ0v) is 16.0. The van der Waals surface area contributed by atoms with Crippen LogP contribution in [0.5, 0.6) is 0 Å². The predicted octanol–water partition coefficient (Wildman–Crippen LogP) is 3.90. The summed E-state index contributed by atoms with van der Waals surface area (Å²) in [5.74, 6) is -0.954. The van der Waals surface area contributed by atoms with Crippen molar-refractivity contribution in [1.29, 1.82) is 0 Å².